The summed E-state index contributed by atoms with van der Waals surface area (Å²) in [4.78, 5) is 0. The molecule has 2 rings (SSSR count). The molecular formula is C11H8BrClFNS. The van der Waals surface area contributed by atoms with Gasteiger partial charge in [0, 0.05) is 11.0 Å². The number of hydrogen-bond acceptors (Lipinski definition) is 2. The minimum Gasteiger partial charge on any atom is -0.379 e. The van der Waals surface area contributed by atoms with Gasteiger partial charge in [-0.2, -0.15) is 11.3 Å². The van der Waals surface area contributed by atoms with Crippen LogP contribution in [0.4, 0.5) is 10.1 Å². The molecule has 0 spiro atoms. The molecule has 1 aromatic carbocycles. The highest BCUT2D eigenvalue weighted by molar-refractivity contribution is 9.10. The Morgan fingerprint density at radius 2 is 2.25 bits per heavy atom. The van der Waals surface area contributed by atoms with Crippen LogP contribution < -0.4 is 5.32 Å². The second-order valence-electron chi connectivity index (χ2n) is 3.23. The third kappa shape index (κ3) is 2.75. The number of benzene rings is 1. The van der Waals surface area contributed by atoms with E-state index in [-0.39, 0.29) is 5.82 Å². The molecule has 0 fully saturated rings. The zero-order valence-corrected chi connectivity index (χ0v) is 11.3. The summed E-state index contributed by atoms with van der Waals surface area (Å²) in [5.41, 5.74) is 1.89. The Balaban J connectivity index is 2.15. The fourth-order valence-electron chi connectivity index (χ4n) is 1.29. The van der Waals surface area contributed by atoms with E-state index in [4.69, 9.17) is 11.6 Å². The quantitative estimate of drug-likeness (QED) is 0.847. The Hall–Kier alpha value is -0.580. The van der Waals surface area contributed by atoms with Gasteiger partial charge in [0.05, 0.1) is 10.7 Å². The maximum absolute atomic E-state index is 13.0. The molecule has 1 heterocycles. The molecule has 1 nitrogen and oxygen atoms in total. The van der Waals surface area contributed by atoms with Crippen LogP contribution >= 0.6 is 38.9 Å². The van der Waals surface area contributed by atoms with Crippen LogP contribution in [-0.4, -0.2) is 0 Å². The maximum atomic E-state index is 13.0. The average Bonchev–Trinajstić information content (AvgIpc) is 2.68. The Bertz CT molecular complexity index is 464. The van der Waals surface area contributed by atoms with Gasteiger partial charge < -0.3 is 5.32 Å². The molecule has 0 saturated heterocycles. The van der Waals surface area contributed by atoms with Gasteiger partial charge in [-0.1, -0.05) is 11.6 Å². The van der Waals surface area contributed by atoms with Crippen molar-refractivity contribution in [2.75, 3.05) is 5.32 Å². The lowest BCUT2D eigenvalue weighted by atomic mass is 10.3. The van der Waals surface area contributed by atoms with Crippen molar-refractivity contribution in [2.45, 2.75) is 6.54 Å². The monoisotopic (exact) mass is 319 g/mol. The van der Waals surface area contributed by atoms with E-state index in [0.29, 0.717) is 21.7 Å². The molecule has 0 unspecified atom stereocenters. The minimum absolute atomic E-state index is 0.349. The first-order valence-electron chi connectivity index (χ1n) is 4.56. The molecule has 0 radical (unpaired) electrons. The second-order valence-corrected chi connectivity index (χ2v) is 5.27. The Kier molecular flexibility index (Phi) is 3.84. The van der Waals surface area contributed by atoms with Crippen LogP contribution in [0, 0.1) is 5.82 Å². The van der Waals surface area contributed by atoms with Crippen molar-refractivity contribution in [3.63, 3.8) is 0 Å². The van der Waals surface area contributed by atoms with E-state index in [9.17, 15) is 4.39 Å². The first-order chi connectivity index (χ1) is 7.66. The van der Waals surface area contributed by atoms with Crippen LogP contribution in [0.3, 0.4) is 0 Å². The molecule has 5 heteroatoms. The normalized spacial score (nSPS) is 10.4. The summed E-state index contributed by atoms with van der Waals surface area (Å²) in [6.45, 7) is 0.674. The van der Waals surface area contributed by atoms with Gasteiger partial charge in [-0.05, 0) is 50.5 Å². The summed E-state index contributed by atoms with van der Waals surface area (Å²) in [5.74, 6) is -0.349. The standard InChI is InChI=1S/C11H8BrClFNS/c12-9-3-8(14)4-10(13)11(9)15-5-7-1-2-16-6-7/h1-4,6,15H,5H2. The average molecular weight is 321 g/mol. The summed E-state index contributed by atoms with van der Waals surface area (Å²) < 4.78 is 13.6. The van der Waals surface area contributed by atoms with E-state index in [1.54, 1.807) is 11.3 Å². The summed E-state index contributed by atoms with van der Waals surface area (Å²) in [6, 6.07) is 4.72. The molecule has 0 aliphatic heterocycles. The van der Waals surface area contributed by atoms with Crippen LogP contribution in [0.15, 0.2) is 33.4 Å². The molecule has 2 aromatic rings. The lowest BCUT2D eigenvalue weighted by molar-refractivity contribution is 0.627. The molecule has 0 amide bonds. The summed E-state index contributed by atoms with van der Waals surface area (Å²) >= 11 is 10.9. The van der Waals surface area contributed by atoms with E-state index in [2.05, 4.69) is 26.6 Å². The van der Waals surface area contributed by atoms with Crippen molar-refractivity contribution in [3.05, 3.63) is 49.8 Å². The lowest BCUT2D eigenvalue weighted by Gasteiger charge is -2.09. The fourth-order valence-corrected chi connectivity index (χ4v) is 2.92. The van der Waals surface area contributed by atoms with Gasteiger partial charge in [-0.25, -0.2) is 4.39 Å². The number of thiophene rings is 1. The smallest absolute Gasteiger partial charge is 0.125 e. The number of halogens is 3. The Morgan fingerprint density at radius 1 is 1.44 bits per heavy atom. The molecule has 84 valence electrons. The predicted molar refractivity (Wildman–Crippen MR) is 70.8 cm³/mol. The van der Waals surface area contributed by atoms with E-state index in [1.165, 1.54) is 17.7 Å². The third-order valence-corrected chi connectivity index (χ3v) is 3.71. The maximum Gasteiger partial charge on any atom is 0.125 e. The second kappa shape index (κ2) is 5.17. The molecule has 1 N–H and O–H groups in total. The van der Waals surface area contributed by atoms with Crippen molar-refractivity contribution < 1.29 is 4.39 Å². The Labute approximate surface area is 110 Å². The zero-order valence-electron chi connectivity index (χ0n) is 8.14. The molecule has 16 heavy (non-hydrogen) atoms. The van der Waals surface area contributed by atoms with E-state index in [0.717, 1.165) is 0 Å². The van der Waals surface area contributed by atoms with Crippen LogP contribution in [0.1, 0.15) is 5.56 Å². The van der Waals surface area contributed by atoms with Crippen LogP contribution in [0.25, 0.3) is 0 Å². The van der Waals surface area contributed by atoms with Crippen molar-refractivity contribution in [1.29, 1.82) is 0 Å². The molecule has 0 bridgehead atoms. The van der Waals surface area contributed by atoms with Crippen LogP contribution in [0.5, 0.6) is 0 Å². The van der Waals surface area contributed by atoms with E-state index in [1.807, 2.05) is 11.4 Å². The van der Waals surface area contributed by atoms with Gasteiger partial charge in [0.2, 0.25) is 0 Å². The molecule has 0 atom stereocenters. The van der Waals surface area contributed by atoms with Gasteiger partial charge in [0.25, 0.3) is 0 Å². The van der Waals surface area contributed by atoms with Crippen LogP contribution in [0.2, 0.25) is 5.02 Å². The highest BCUT2D eigenvalue weighted by Gasteiger charge is 2.07. The van der Waals surface area contributed by atoms with Gasteiger partial charge >= 0.3 is 0 Å². The highest BCUT2D eigenvalue weighted by Crippen LogP contribution is 2.32. The van der Waals surface area contributed by atoms with Gasteiger partial charge in [-0.3, -0.25) is 0 Å². The van der Waals surface area contributed by atoms with Gasteiger partial charge in [-0.15, -0.1) is 0 Å². The Morgan fingerprint density at radius 3 is 2.88 bits per heavy atom. The molecule has 0 aliphatic carbocycles. The minimum atomic E-state index is -0.349. The first-order valence-corrected chi connectivity index (χ1v) is 6.67. The predicted octanol–water partition coefficient (Wildman–Crippen LogP) is 4.92. The summed E-state index contributed by atoms with van der Waals surface area (Å²) in [5, 5.41) is 7.62. The van der Waals surface area contributed by atoms with E-state index >= 15 is 0 Å². The molecule has 0 aliphatic rings. The highest BCUT2D eigenvalue weighted by atomic mass is 79.9. The number of rotatable bonds is 3. The molecule has 0 saturated carbocycles. The van der Waals surface area contributed by atoms with Gasteiger partial charge in [0.15, 0.2) is 0 Å². The summed E-state index contributed by atoms with van der Waals surface area (Å²) in [7, 11) is 0. The molecular weight excluding hydrogens is 313 g/mol. The molecule has 1 aromatic heterocycles. The number of nitrogens with one attached hydrogen (secondary N) is 1. The summed E-state index contributed by atoms with van der Waals surface area (Å²) in [6.07, 6.45) is 0. The third-order valence-electron chi connectivity index (χ3n) is 2.06. The van der Waals surface area contributed by atoms with Crippen molar-refractivity contribution >= 4 is 44.6 Å². The fraction of sp³-hybridized carbons (Fsp3) is 0.0909. The number of hydrogen-bond donors (Lipinski definition) is 1. The van der Waals surface area contributed by atoms with Crippen LogP contribution in [-0.2, 0) is 6.54 Å². The first kappa shape index (κ1) is 11.9. The zero-order chi connectivity index (χ0) is 11.5. The van der Waals surface area contributed by atoms with Crippen molar-refractivity contribution in [1.82, 2.24) is 0 Å². The van der Waals surface area contributed by atoms with Crippen molar-refractivity contribution in [2.24, 2.45) is 0 Å². The van der Waals surface area contributed by atoms with Gasteiger partial charge in [0.1, 0.15) is 5.82 Å². The largest absolute Gasteiger partial charge is 0.379 e. The SMILES string of the molecule is Fc1cc(Cl)c(NCc2ccsc2)c(Br)c1. The lowest BCUT2D eigenvalue weighted by Crippen LogP contribution is -2.00. The van der Waals surface area contributed by atoms with Crippen molar-refractivity contribution in [3.8, 4) is 0 Å². The van der Waals surface area contributed by atoms with E-state index < -0.39 is 0 Å². The number of anilines is 1. The topological polar surface area (TPSA) is 12.0 Å².